The molecule has 3 aromatic rings. The molecule has 1 N–H and O–H groups in total. The van der Waals surface area contributed by atoms with Gasteiger partial charge in [-0.15, -0.1) is 0 Å². The number of para-hydroxylation sites is 1. The highest BCUT2D eigenvalue weighted by Gasteiger charge is 2.42. The van der Waals surface area contributed by atoms with Crippen LogP contribution in [0, 0.1) is 17.6 Å². The molecule has 1 aliphatic rings. The number of carbonyl (C=O) groups excluding carboxylic acids is 2. The molecule has 6 nitrogen and oxygen atoms in total. The fourth-order valence-corrected chi connectivity index (χ4v) is 4.30. The fraction of sp³-hybridized carbons (Fsp3) is 0.231. The van der Waals surface area contributed by atoms with Gasteiger partial charge >= 0.3 is 0 Å². The molecule has 34 heavy (non-hydrogen) atoms. The summed E-state index contributed by atoms with van der Waals surface area (Å²) in [7, 11) is 3.06. The second kappa shape index (κ2) is 9.91. The third kappa shape index (κ3) is 4.57. The highest BCUT2D eigenvalue weighted by atomic mass is 19.1. The zero-order valence-electron chi connectivity index (χ0n) is 18.8. The largest absolute Gasteiger partial charge is 0.497 e. The van der Waals surface area contributed by atoms with Gasteiger partial charge in [-0.3, -0.25) is 9.59 Å². The van der Waals surface area contributed by atoms with E-state index in [4.69, 9.17) is 9.47 Å². The van der Waals surface area contributed by atoms with Crippen molar-refractivity contribution in [3.63, 3.8) is 0 Å². The normalized spacial score (nSPS) is 17.9. The van der Waals surface area contributed by atoms with Gasteiger partial charge < -0.3 is 19.7 Å². The van der Waals surface area contributed by atoms with E-state index in [-0.39, 0.29) is 24.4 Å². The first-order valence-electron chi connectivity index (χ1n) is 10.8. The van der Waals surface area contributed by atoms with E-state index in [2.05, 4.69) is 5.32 Å². The van der Waals surface area contributed by atoms with Crippen LogP contribution in [0.3, 0.4) is 0 Å². The van der Waals surface area contributed by atoms with Gasteiger partial charge in [-0.05, 0) is 48.9 Å². The van der Waals surface area contributed by atoms with Crippen molar-refractivity contribution >= 4 is 23.2 Å². The molecule has 2 unspecified atom stereocenters. The van der Waals surface area contributed by atoms with Crippen LogP contribution in [0.5, 0.6) is 11.5 Å². The summed E-state index contributed by atoms with van der Waals surface area (Å²) >= 11 is 0. The van der Waals surface area contributed by atoms with E-state index in [1.165, 1.54) is 7.11 Å². The van der Waals surface area contributed by atoms with Gasteiger partial charge in [0.1, 0.15) is 23.1 Å². The molecule has 1 saturated heterocycles. The van der Waals surface area contributed by atoms with Gasteiger partial charge in [0, 0.05) is 23.7 Å². The van der Waals surface area contributed by atoms with Crippen LogP contribution in [0.4, 0.5) is 20.2 Å². The van der Waals surface area contributed by atoms with Gasteiger partial charge in [0.2, 0.25) is 11.8 Å². The smallest absolute Gasteiger partial charge is 0.230 e. The molecule has 1 heterocycles. The zero-order chi connectivity index (χ0) is 24.2. The molecule has 0 aliphatic carbocycles. The van der Waals surface area contributed by atoms with Gasteiger partial charge in [-0.25, -0.2) is 8.78 Å². The number of anilines is 2. The Labute approximate surface area is 196 Å². The third-order valence-electron chi connectivity index (χ3n) is 5.93. The average Bonchev–Trinajstić information content (AvgIpc) is 2.86. The number of nitrogens with zero attached hydrogens (tertiary/aromatic N) is 1. The standard InChI is InChI=1S/C26H24F2N2O4/c1-33-18-10-8-17(9-11-18)30-24(31)14-12-20(25(30)19-5-3-4-6-23(19)34-2)26(32)29-22-15-16(27)7-13-21(22)28/h3-11,13,15,20,25H,12,14H2,1-2H3,(H,29,32). The Balaban J connectivity index is 1.78. The SMILES string of the molecule is COc1ccc(N2C(=O)CCC(C(=O)Nc3cc(F)ccc3F)C2c2ccccc2OC)cc1. The van der Waals surface area contributed by atoms with E-state index in [1.807, 2.05) is 0 Å². The van der Waals surface area contributed by atoms with Crippen molar-refractivity contribution in [1.29, 1.82) is 0 Å². The number of carbonyl (C=O) groups is 2. The number of halogens is 2. The van der Waals surface area contributed by atoms with Crippen molar-refractivity contribution in [3.8, 4) is 11.5 Å². The lowest BCUT2D eigenvalue weighted by Crippen LogP contribution is -2.47. The number of hydrogen-bond donors (Lipinski definition) is 1. The van der Waals surface area contributed by atoms with Crippen LogP contribution in [-0.2, 0) is 9.59 Å². The predicted molar refractivity (Wildman–Crippen MR) is 124 cm³/mol. The topological polar surface area (TPSA) is 67.9 Å². The second-order valence-electron chi connectivity index (χ2n) is 7.91. The fourth-order valence-electron chi connectivity index (χ4n) is 4.30. The number of ether oxygens (including phenoxy) is 2. The summed E-state index contributed by atoms with van der Waals surface area (Å²) in [6.45, 7) is 0. The van der Waals surface area contributed by atoms with Gasteiger partial charge in [-0.1, -0.05) is 18.2 Å². The molecule has 176 valence electrons. The lowest BCUT2D eigenvalue weighted by molar-refractivity contribution is -0.126. The van der Waals surface area contributed by atoms with Gasteiger partial charge in [0.05, 0.1) is 31.9 Å². The van der Waals surface area contributed by atoms with Crippen LogP contribution in [0.25, 0.3) is 0 Å². The summed E-state index contributed by atoms with van der Waals surface area (Å²) in [5, 5.41) is 2.51. The first-order valence-corrected chi connectivity index (χ1v) is 10.8. The van der Waals surface area contributed by atoms with Crippen LogP contribution in [0.1, 0.15) is 24.4 Å². The van der Waals surface area contributed by atoms with Crippen molar-refractivity contribution in [2.24, 2.45) is 5.92 Å². The van der Waals surface area contributed by atoms with E-state index in [9.17, 15) is 18.4 Å². The summed E-state index contributed by atoms with van der Waals surface area (Å²) in [4.78, 5) is 28.1. The van der Waals surface area contributed by atoms with E-state index in [0.29, 0.717) is 22.7 Å². The molecule has 0 radical (unpaired) electrons. The van der Waals surface area contributed by atoms with Crippen LogP contribution < -0.4 is 19.7 Å². The summed E-state index contributed by atoms with van der Waals surface area (Å²) in [6.07, 6.45) is 0.346. The maximum atomic E-state index is 14.2. The molecule has 3 aromatic carbocycles. The Morgan fingerprint density at radius 2 is 1.74 bits per heavy atom. The van der Waals surface area contributed by atoms with Gasteiger partial charge in [-0.2, -0.15) is 0 Å². The Morgan fingerprint density at radius 1 is 1.00 bits per heavy atom. The average molecular weight is 466 g/mol. The first-order chi connectivity index (χ1) is 16.4. The first kappa shape index (κ1) is 23.2. The number of piperidine rings is 1. The van der Waals surface area contributed by atoms with E-state index < -0.39 is 29.5 Å². The summed E-state index contributed by atoms with van der Waals surface area (Å²) in [5.41, 5.74) is 0.960. The number of rotatable bonds is 6. The van der Waals surface area contributed by atoms with Crippen LogP contribution in [-0.4, -0.2) is 26.0 Å². The molecule has 2 amide bonds. The maximum absolute atomic E-state index is 14.2. The van der Waals surface area contributed by atoms with Crippen LogP contribution >= 0.6 is 0 Å². The molecule has 0 saturated carbocycles. The monoisotopic (exact) mass is 466 g/mol. The highest BCUT2D eigenvalue weighted by Crippen LogP contribution is 2.43. The molecular formula is C26H24F2N2O4. The molecule has 0 aromatic heterocycles. The van der Waals surface area contributed by atoms with Crippen LogP contribution in [0.15, 0.2) is 66.7 Å². The zero-order valence-corrected chi connectivity index (χ0v) is 18.8. The predicted octanol–water partition coefficient (Wildman–Crippen LogP) is 5.11. The Kier molecular flexibility index (Phi) is 6.77. The Morgan fingerprint density at radius 3 is 2.44 bits per heavy atom. The van der Waals surface area contributed by atoms with E-state index in [1.54, 1.807) is 60.5 Å². The Hall–Kier alpha value is -3.94. The number of hydrogen-bond acceptors (Lipinski definition) is 4. The molecule has 2 atom stereocenters. The second-order valence-corrected chi connectivity index (χ2v) is 7.91. The van der Waals surface area contributed by atoms with Crippen molar-refractivity contribution < 1.29 is 27.8 Å². The molecule has 8 heteroatoms. The lowest BCUT2D eigenvalue weighted by Gasteiger charge is -2.41. The number of methoxy groups -OCH3 is 2. The van der Waals surface area contributed by atoms with Crippen molar-refractivity contribution in [2.75, 3.05) is 24.4 Å². The quantitative estimate of drug-likeness (QED) is 0.549. The minimum Gasteiger partial charge on any atom is -0.497 e. The maximum Gasteiger partial charge on any atom is 0.230 e. The summed E-state index contributed by atoms with van der Waals surface area (Å²) < 4.78 is 38.7. The third-order valence-corrected chi connectivity index (χ3v) is 5.93. The molecule has 4 rings (SSSR count). The van der Waals surface area contributed by atoms with Crippen molar-refractivity contribution in [1.82, 2.24) is 0 Å². The molecular weight excluding hydrogens is 442 g/mol. The lowest BCUT2D eigenvalue weighted by atomic mass is 9.82. The minimum absolute atomic E-state index is 0.112. The minimum atomic E-state index is -0.751. The molecule has 1 fully saturated rings. The molecule has 1 aliphatic heterocycles. The van der Waals surface area contributed by atoms with Crippen molar-refractivity contribution in [3.05, 3.63) is 83.9 Å². The molecule has 0 spiro atoms. The number of nitrogens with one attached hydrogen (secondary N) is 1. The van der Waals surface area contributed by atoms with Gasteiger partial charge in [0.25, 0.3) is 0 Å². The molecule has 0 bridgehead atoms. The van der Waals surface area contributed by atoms with Crippen molar-refractivity contribution in [2.45, 2.75) is 18.9 Å². The van der Waals surface area contributed by atoms with E-state index in [0.717, 1.165) is 18.2 Å². The van der Waals surface area contributed by atoms with Crippen LogP contribution in [0.2, 0.25) is 0 Å². The van der Waals surface area contributed by atoms with E-state index >= 15 is 0 Å². The summed E-state index contributed by atoms with van der Waals surface area (Å²) in [5.74, 6) is -1.72. The van der Waals surface area contributed by atoms with Gasteiger partial charge in [0.15, 0.2) is 0 Å². The number of amides is 2. The highest BCUT2D eigenvalue weighted by molar-refractivity contribution is 6.00. The Bertz CT molecular complexity index is 1200. The number of benzene rings is 3. The summed E-state index contributed by atoms with van der Waals surface area (Å²) in [6, 6.07) is 16.2.